The molecular formula is C18H16N4O. The Labute approximate surface area is 134 Å². The van der Waals surface area contributed by atoms with E-state index in [2.05, 4.69) is 53.0 Å². The van der Waals surface area contributed by atoms with Gasteiger partial charge < -0.3 is 9.64 Å². The number of pyridine rings is 1. The predicted molar refractivity (Wildman–Crippen MR) is 88.8 cm³/mol. The minimum Gasteiger partial charge on any atom is -0.415 e. The van der Waals surface area contributed by atoms with Gasteiger partial charge in [0.25, 0.3) is 5.88 Å². The molecule has 0 N–H and O–H groups in total. The van der Waals surface area contributed by atoms with Gasteiger partial charge in [0.05, 0.1) is 11.9 Å². The van der Waals surface area contributed by atoms with Gasteiger partial charge in [0, 0.05) is 6.20 Å². The van der Waals surface area contributed by atoms with Crippen molar-refractivity contribution in [3.63, 3.8) is 0 Å². The molecule has 1 aliphatic rings. The van der Waals surface area contributed by atoms with Crippen LogP contribution in [-0.4, -0.2) is 15.2 Å². The van der Waals surface area contributed by atoms with E-state index in [9.17, 15) is 0 Å². The summed E-state index contributed by atoms with van der Waals surface area (Å²) in [5.41, 5.74) is 6.54. The topological polar surface area (TPSA) is 51.1 Å². The zero-order chi connectivity index (χ0) is 16.0. The van der Waals surface area contributed by atoms with E-state index in [1.165, 1.54) is 16.7 Å². The maximum atomic E-state index is 5.81. The molecule has 0 saturated heterocycles. The first-order valence-electron chi connectivity index (χ1n) is 7.47. The number of hydrogen-bond donors (Lipinski definition) is 0. The summed E-state index contributed by atoms with van der Waals surface area (Å²) in [5, 5.41) is 8.05. The van der Waals surface area contributed by atoms with Crippen LogP contribution in [0.3, 0.4) is 0 Å². The smallest absolute Gasteiger partial charge is 0.264 e. The number of aromatic nitrogens is 3. The highest BCUT2D eigenvalue weighted by Gasteiger charge is 2.29. The van der Waals surface area contributed by atoms with Gasteiger partial charge in [0.2, 0.25) is 5.88 Å². The third kappa shape index (κ3) is 2.12. The van der Waals surface area contributed by atoms with E-state index < -0.39 is 0 Å². The Hall–Kier alpha value is -2.95. The summed E-state index contributed by atoms with van der Waals surface area (Å²) < 4.78 is 5.81. The van der Waals surface area contributed by atoms with Crippen LogP contribution in [0.25, 0.3) is 0 Å². The second-order valence-electron chi connectivity index (χ2n) is 5.73. The highest BCUT2D eigenvalue weighted by atomic mass is 16.5. The van der Waals surface area contributed by atoms with Crippen molar-refractivity contribution in [1.29, 1.82) is 0 Å². The summed E-state index contributed by atoms with van der Waals surface area (Å²) in [4.78, 5) is 6.49. The molecule has 0 saturated carbocycles. The maximum Gasteiger partial charge on any atom is 0.264 e. The van der Waals surface area contributed by atoms with Gasteiger partial charge in [-0.2, -0.15) is 5.10 Å². The highest BCUT2D eigenvalue weighted by molar-refractivity contribution is 5.86. The number of anilines is 3. The predicted octanol–water partition coefficient (Wildman–Crippen LogP) is 4.37. The molecule has 1 aromatic carbocycles. The fourth-order valence-corrected chi connectivity index (χ4v) is 3.17. The van der Waals surface area contributed by atoms with Crippen molar-refractivity contribution < 1.29 is 4.74 Å². The van der Waals surface area contributed by atoms with Crippen molar-refractivity contribution in [3.8, 4) is 11.8 Å². The summed E-state index contributed by atoms with van der Waals surface area (Å²) in [5.74, 6) is 1.01. The average molecular weight is 304 g/mol. The van der Waals surface area contributed by atoms with Crippen molar-refractivity contribution >= 4 is 17.1 Å². The van der Waals surface area contributed by atoms with Gasteiger partial charge in [-0.25, -0.2) is 4.98 Å². The number of rotatable bonds is 1. The van der Waals surface area contributed by atoms with Crippen LogP contribution in [0.4, 0.5) is 17.1 Å². The monoisotopic (exact) mass is 304 g/mol. The maximum absolute atomic E-state index is 5.81. The molecule has 5 heteroatoms. The van der Waals surface area contributed by atoms with Crippen molar-refractivity contribution in [2.45, 2.75) is 20.8 Å². The lowest BCUT2D eigenvalue weighted by atomic mass is 10.0. The SMILES string of the molecule is Cc1cc(C)c(N2c3cccnc3Oc3nnccc32)c(C)c1. The molecule has 0 fully saturated rings. The van der Waals surface area contributed by atoms with E-state index in [4.69, 9.17) is 4.74 Å². The van der Waals surface area contributed by atoms with Crippen LogP contribution in [0.2, 0.25) is 0 Å². The largest absolute Gasteiger partial charge is 0.415 e. The summed E-state index contributed by atoms with van der Waals surface area (Å²) >= 11 is 0. The van der Waals surface area contributed by atoms with Gasteiger partial charge in [-0.05, 0) is 50.1 Å². The van der Waals surface area contributed by atoms with Crippen LogP contribution in [-0.2, 0) is 0 Å². The number of benzene rings is 1. The third-order valence-corrected chi connectivity index (χ3v) is 3.95. The third-order valence-electron chi connectivity index (χ3n) is 3.95. The van der Waals surface area contributed by atoms with E-state index in [0.717, 1.165) is 17.1 Å². The van der Waals surface area contributed by atoms with E-state index in [-0.39, 0.29) is 0 Å². The second kappa shape index (κ2) is 5.05. The number of aryl methyl sites for hydroxylation is 3. The zero-order valence-electron chi connectivity index (χ0n) is 13.2. The zero-order valence-corrected chi connectivity index (χ0v) is 13.2. The van der Waals surface area contributed by atoms with Crippen molar-refractivity contribution in [2.24, 2.45) is 0 Å². The molecule has 0 unspecified atom stereocenters. The summed E-state index contributed by atoms with van der Waals surface area (Å²) in [6.07, 6.45) is 3.39. The number of ether oxygens (including phenoxy) is 1. The summed E-state index contributed by atoms with van der Waals surface area (Å²) in [7, 11) is 0. The molecule has 0 spiro atoms. The molecule has 23 heavy (non-hydrogen) atoms. The molecule has 4 rings (SSSR count). The molecule has 3 heterocycles. The number of hydrogen-bond acceptors (Lipinski definition) is 5. The van der Waals surface area contributed by atoms with Crippen LogP contribution in [0.15, 0.2) is 42.7 Å². The van der Waals surface area contributed by atoms with Crippen LogP contribution in [0.1, 0.15) is 16.7 Å². The molecule has 114 valence electrons. The lowest BCUT2D eigenvalue weighted by Crippen LogP contribution is -2.19. The average Bonchev–Trinajstić information content (AvgIpc) is 2.53. The van der Waals surface area contributed by atoms with Gasteiger partial charge in [-0.15, -0.1) is 5.10 Å². The Morgan fingerprint density at radius 2 is 1.65 bits per heavy atom. The summed E-state index contributed by atoms with van der Waals surface area (Å²) in [6.45, 7) is 6.35. The standard InChI is InChI=1S/C18H16N4O/c1-11-9-12(2)16(13(3)10-11)22-14-5-4-7-19-17(14)23-18-15(22)6-8-20-21-18/h4-10H,1-3H3. The first-order chi connectivity index (χ1) is 11.1. The van der Waals surface area contributed by atoms with Gasteiger partial charge in [-0.3, -0.25) is 0 Å². The number of nitrogens with zero attached hydrogens (tertiary/aromatic N) is 4. The molecule has 2 aromatic heterocycles. The highest BCUT2D eigenvalue weighted by Crippen LogP contribution is 2.49. The van der Waals surface area contributed by atoms with E-state index in [0.29, 0.717) is 11.8 Å². The van der Waals surface area contributed by atoms with Gasteiger partial charge in [0.1, 0.15) is 11.4 Å². The minimum atomic E-state index is 0.470. The normalized spacial score (nSPS) is 12.4. The van der Waals surface area contributed by atoms with Gasteiger partial charge in [0.15, 0.2) is 0 Å². The first-order valence-corrected chi connectivity index (χ1v) is 7.47. The lowest BCUT2D eigenvalue weighted by molar-refractivity contribution is 0.432. The van der Waals surface area contributed by atoms with Crippen molar-refractivity contribution in [1.82, 2.24) is 15.2 Å². The Morgan fingerprint density at radius 1 is 0.913 bits per heavy atom. The molecule has 1 aliphatic heterocycles. The van der Waals surface area contributed by atoms with Crippen molar-refractivity contribution in [3.05, 3.63) is 59.4 Å². The van der Waals surface area contributed by atoms with Crippen LogP contribution >= 0.6 is 0 Å². The number of fused-ring (bicyclic) bond motifs is 2. The molecule has 0 aliphatic carbocycles. The molecule has 0 amide bonds. The van der Waals surface area contributed by atoms with Crippen LogP contribution in [0.5, 0.6) is 11.8 Å². The Morgan fingerprint density at radius 3 is 2.43 bits per heavy atom. The fraction of sp³-hybridized carbons (Fsp3) is 0.167. The minimum absolute atomic E-state index is 0.470. The lowest BCUT2D eigenvalue weighted by Gasteiger charge is -2.32. The van der Waals surface area contributed by atoms with Crippen molar-refractivity contribution in [2.75, 3.05) is 4.90 Å². The Kier molecular flexibility index (Phi) is 3.01. The molecule has 0 bridgehead atoms. The second-order valence-corrected chi connectivity index (χ2v) is 5.73. The molecule has 0 radical (unpaired) electrons. The van der Waals surface area contributed by atoms with E-state index in [1.54, 1.807) is 12.4 Å². The van der Waals surface area contributed by atoms with E-state index in [1.807, 2.05) is 18.2 Å². The quantitative estimate of drug-likeness (QED) is 0.522. The Balaban J connectivity index is 2.02. The molecule has 3 aromatic rings. The van der Waals surface area contributed by atoms with Crippen LogP contribution < -0.4 is 9.64 Å². The fourth-order valence-electron chi connectivity index (χ4n) is 3.17. The van der Waals surface area contributed by atoms with Gasteiger partial charge >= 0.3 is 0 Å². The van der Waals surface area contributed by atoms with E-state index >= 15 is 0 Å². The molecule has 5 nitrogen and oxygen atoms in total. The molecular weight excluding hydrogens is 288 g/mol. The van der Waals surface area contributed by atoms with Gasteiger partial charge in [-0.1, -0.05) is 17.7 Å². The molecule has 0 atom stereocenters. The van der Waals surface area contributed by atoms with Crippen LogP contribution in [0, 0.1) is 20.8 Å². The Bertz CT molecular complexity index is 839. The summed E-state index contributed by atoms with van der Waals surface area (Å²) in [6, 6.07) is 10.2. The first kappa shape index (κ1) is 13.7.